The van der Waals surface area contributed by atoms with Crippen LogP contribution < -0.4 is 15.2 Å². The van der Waals surface area contributed by atoms with Gasteiger partial charge < -0.3 is 15.2 Å². The quantitative estimate of drug-likeness (QED) is 0.850. The first-order valence-electron chi connectivity index (χ1n) is 5.75. The predicted octanol–water partition coefficient (Wildman–Crippen LogP) is 2.08. The number of hydrogen-bond acceptors (Lipinski definition) is 3. The topological polar surface area (TPSA) is 44.5 Å². The number of fused-ring (bicyclic) bond motifs is 1. The van der Waals surface area contributed by atoms with Gasteiger partial charge in [0, 0.05) is 0 Å². The molecule has 2 rings (SSSR count). The summed E-state index contributed by atoms with van der Waals surface area (Å²) in [5.74, 6) is 2.10. The highest BCUT2D eigenvalue weighted by Crippen LogP contribution is 2.38. The average Bonchev–Trinajstić information content (AvgIpc) is 2.36. The van der Waals surface area contributed by atoms with Crippen LogP contribution in [0.25, 0.3) is 0 Å². The maximum absolute atomic E-state index is 5.81. The van der Waals surface area contributed by atoms with E-state index in [0.717, 1.165) is 17.9 Å². The maximum atomic E-state index is 5.81. The van der Waals surface area contributed by atoms with Crippen LogP contribution >= 0.6 is 0 Å². The van der Waals surface area contributed by atoms with Crippen molar-refractivity contribution in [1.29, 1.82) is 0 Å². The highest BCUT2D eigenvalue weighted by atomic mass is 16.5. The monoisotopic (exact) mass is 221 g/mol. The van der Waals surface area contributed by atoms with E-state index in [9.17, 15) is 0 Å². The van der Waals surface area contributed by atoms with Crippen molar-refractivity contribution in [2.24, 2.45) is 5.73 Å². The van der Waals surface area contributed by atoms with Crippen LogP contribution in [0.1, 0.15) is 29.9 Å². The van der Waals surface area contributed by atoms with E-state index in [1.165, 1.54) is 24.0 Å². The van der Waals surface area contributed by atoms with Gasteiger partial charge in [-0.2, -0.15) is 0 Å². The van der Waals surface area contributed by atoms with Gasteiger partial charge in [-0.25, -0.2) is 0 Å². The fourth-order valence-corrected chi connectivity index (χ4v) is 2.47. The van der Waals surface area contributed by atoms with Crippen molar-refractivity contribution >= 4 is 0 Å². The van der Waals surface area contributed by atoms with Crippen molar-refractivity contribution in [3.05, 3.63) is 23.3 Å². The summed E-state index contributed by atoms with van der Waals surface area (Å²) in [6, 6.07) is 4.18. The van der Waals surface area contributed by atoms with Gasteiger partial charge in [-0.15, -0.1) is 0 Å². The third-order valence-electron chi connectivity index (χ3n) is 3.37. The van der Waals surface area contributed by atoms with Gasteiger partial charge in [-0.3, -0.25) is 0 Å². The standard InChI is InChI=1S/C13H19NO2/c1-15-12-6-9-4-3-5-10(8-14)11(9)7-13(12)16-2/h6-7,10H,3-5,8,14H2,1-2H3/t10-/m0/s1. The molecule has 0 bridgehead atoms. The highest BCUT2D eigenvalue weighted by Gasteiger charge is 2.21. The van der Waals surface area contributed by atoms with Gasteiger partial charge in [0.15, 0.2) is 11.5 Å². The first-order chi connectivity index (χ1) is 7.80. The Hall–Kier alpha value is -1.22. The van der Waals surface area contributed by atoms with Crippen LogP contribution in [0.15, 0.2) is 12.1 Å². The van der Waals surface area contributed by atoms with Gasteiger partial charge in [0.2, 0.25) is 0 Å². The second-order valence-electron chi connectivity index (χ2n) is 4.23. The van der Waals surface area contributed by atoms with Gasteiger partial charge in [0.05, 0.1) is 14.2 Å². The normalized spacial score (nSPS) is 19.1. The molecule has 1 aromatic rings. The van der Waals surface area contributed by atoms with E-state index in [1.54, 1.807) is 14.2 Å². The first-order valence-corrected chi connectivity index (χ1v) is 5.75. The largest absolute Gasteiger partial charge is 0.493 e. The molecule has 0 saturated carbocycles. The highest BCUT2D eigenvalue weighted by molar-refractivity contribution is 5.49. The average molecular weight is 221 g/mol. The summed E-state index contributed by atoms with van der Waals surface area (Å²) < 4.78 is 10.6. The minimum Gasteiger partial charge on any atom is -0.493 e. The number of methoxy groups -OCH3 is 2. The molecule has 2 N–H and O–H groups in total. The molecule has 1 aliphatic rings. The first kappa shape index (κ1) is 11.3. The summed E-state index contributed by atoms with van der Waals surface area (Å²) in [7, 11) is 3.35. The zero-order chi connectivity index (χ0) is 11.5. The number of ether oxygens (including phenoxy) is 2. The zero-order valence-corrected chi connectivity index (χ0v) is 9.95. The molecule has 1 atom stereocenters. The fraction of sp³-hybridized carbons (Fsp3) is 0.538. The third kappa shape index (κ3) is 1.87. The van der Waals surface area contributed by atoms with Crippen molar-refractivity contribution < 1.29 is 9.47 Å². The molecule has 1 aromatic carbocycles. The lowest BCUT2D eigenvalue weighted by molar-refractivity contribution is 0.352. The van der Waals surface area contributed by atoms with Crippen LogP contribution in [0.4, 0.5) is 0 Å². The lowest BCUT2D eigenvalue weighted by Crippen LogP contribution is -2.18. The van der Waals surface area contributed by atoms with Crippen LogP contribution in [0.5, 0.6) is 11.5 Å². The van der Waals surface area contributed by atoms with Gasteiger partial charge in [-0.05, 0) is 55.0 Å². The van der Waals surface area contributed by atoms with Gasteiger partial charge in [-0.1, -0.05) is 0 Å². The molecule has 0 saturated heterocycles. The number of nitrogens with two attached hydrogens (primary N) is 1. The molecule has 0 unspecified atom stereocenters. The van der Waals surface area contributed by atoms with Crippen LogP contribution in [0, 0.1) is 0 Å². The summed E-state index contributed by atoms with van der Waals surface area (Å²) in [6.45, 7) is 0.711. The zero-order valence-electron chi connectivity index (χ0n) is 9.95. The minimum absolute atomic E-state index is 0.476. The molecule has 0 fully saturated rings. The molecule has 0 aromatic heterocycles. The van der Waals surface area contributed by atoms with Crippen LogP contribution in [-0.2, 0) is 6.42 Å². The van der Waals surface area contributed by atoms with Crippen molar-refractivity contribution in [2.45, 2.75) is 25.2 Å². The van der Waals surface area contributed by atoms with E-state index >= 15 is 0 Å². The number of rotatable bonds is 3. The Morgan fingerprint density at radius 3 is 2.56 bits per heavy atom. The lowest BCUT2D eigenvalue weighted by Gasteiger charge is -2.25. The molecule has 1 aliphatic carbocycles. The fourth-order valence-electron chi connectivity index (χ4n) is 2.47. The molecule has 0 radical (unpaired) electrons. The molecular weight excluding hydrogens is 202 g/mol. The predicted molar refractivity (Wildman–Crippen MR) is 64.3 cm³/mol. The molecule has 88 valence electrons. The van der Waals surface area contributed by atoms with E-state index in [1.807, 2.05) is 0 Å². The van der Waals surface area contributed by atoms with E-state index < -0.39 is 0 Å². The van der Waals surface area contributed by atoms with E-state index in [4.69, 9.17) is 15.2 Å². The van der Waals surface area contributed by atoms with Crippen LogP contribution in [-0.4, -0.2) is 20.8 Å². The Morgan fingerprint density at radius 1 is 1.25 bits per heavy atom. The molecule has 3 heteroatoms. The van der Waals surface area contributed by atoms with Gasteiger partial charge >= 0.3 is 0 Å². The molecule has 16 heavy (non-hydrogen) atoms. The van der Waals surface area contributed by atoms with Crippen molar-refractivity contribution in [2.75, 3.05) is 20.8 Å². The summed E-state index contributed by atoms with van der Waals surface area (Å²) in [4.78, 5) is 0. The van der Waals surface area contributed by atoms with Crippen molar-refractivity contribution in [3.8, 4) is 11.5 Å². The smallest absolute Gasteiger partial charge is 0.161 e. The lowest BCUT2D eigenvalue weighted by atomic mass is 9.82. The van der Waals surface area contributed by atoms with Crippen molar-refractivity contribution in [1.82, 2.24) is 0 Å². The Kier molecular flexibility index (Phi) is 3.34. The minimum atomic E-state index is 0.476. The second-order valence-corrected chi connectivity index (χ2v) is 4.23. The molecule has 3 nitrogen and oxygen atoms in total. The Morgan fingerprint density at radius 2 is 1.94 bits per heavy atom. The van der Waals surface area contributed by atoms with E-state index in [-0.39, 0.29) is 0 Å². The summed E-state index contributed by atoms with van der Waals surface area (Å²) in [5.41, 5.74) is 8.51. The molecular formula is C13H19NO2. The number of benzene rings is 1. The Bertz CT molecular complexity index is 376. The second kappa shape index (κ2) is 4.74. The van der Waals surface area contributed by atoms with E-state index in [2.05, 4.69) is 12.1 Å². The maximum Gasteiger partial charge on any atom is 0.161 e. The summed E-state index contributed by atoms with van der Waals surface area (Å²) >= 11 is 0. The van der Waals surface area contributed by atoms with Crippen molar-refractivity contribution in [3.63, 3.8) is 0 Å². The SMILES string of the molecule is COc1cc2c(cc1OC)[C@H](CN)CCC2. The van der Waals surface area contributed by atoms with E-state index in [0.29, 0.717) is 12.5 Å². The molecule has 0 amide bonds. The van der Waals surface area contributed by atoms with Crippen LogP contribution in [0.2, 0.25) is 0 Å². The third-order valence-corrected chi connectivity index (χ3v) is 3.37. The number of aryl methyl sites for hydroxylation is 1. The molecule has 0 spiro atoms. The van der Waals surface area contributed by atoms with Gasteiger partial charge in [0.1, 0.15) is 0 Å². The number of hydrogen-bond donors (Lipinski definition) is 1. The molecule has 0 aliphatic heterocycles. The van der Waals surface area contributed by atoms with Gasteiger partial charge in [0.25, 0.3) is 0 Å². The summed E-state index contributed by atoms with van der Waals surface area (Å²) in [5, 5.41) is 0. The Labute approximate surface area is 96.5 Å². The Balaban J connectivity index is 2.46. The summed E-state index contributed by atoms with van der Waals surface area (Å²) in [6.07, 6.45) is 3.51. The molecule has 0 heterocycles. The van der Waals surface area contributed by atoms with Crippen LogP contribution in [0.3, 0.4) is 0 Å².